The lowest BCUT2D eigenvalue weighted by molar-refractivity contribution is -0.115. The number of amides is 2. The van der Waals surface area contributed by atoms with E-state index in [1.165, 1.54) is 12.8 Å². The van der Waals surface area contributed by atoms with Crippen molar-refractivity contribution in [1.29, 1.82) is 0 Å². The third-order valence-corrected chi connectivity index (χ3v) is 4.72. The van der Waals surface area contributed by atoms with Gasteiger partial charge in [0.05, 0.1) is 5.69 Å². The molecule has 1 heterocycles. The number of benzene rings is 1. The van der Waals surface area contributed by atoms with Crippen LogP contribution in [0.2, 0.25) is 0 Å². The van der Waals surface area contributed by atoms with E-state index in [4.69, 9.17) is 0 Å². The van der Waals surface area contributed by atoms with Crippen LogP contribution in [0.1, 0.15) is 62.4 Å². The van der Waals surface area contributed by atoms with Crippen LogP contribution in [0.25, 0.3) is 5.69 Å². The van der Waals surface area contributed by atoms with Crippen LogP contribution in [0, 0.1) is 0 Å². The SMILES string of the molecule is CCC(=O)Nc1cc(C(=O)NC2CCCCCC2)nn1-c1ccccc1. The maximum absolute atomic E-state index is 12.7. The number of carbonyl (C=O) groups excluding carboxylic acids is 2. The maximum Gasteiger partial charge on any atom is 0.272 e. The average Bonchev–Trinajstić information content (AvgIpc) is 2.91. The van der Waals surface area contributed by atoms with Gasteiger partial charge in [-0.05, 0) is 25.0 Å². The molecule has 6 heteroatoms. The molecule has 0 aliphatic heterocycles. The van der Waals surface area contributed by atoms with E-state index < -0.39 is 0 Å². The summed E-state index contributed by atoms with van der Waals surface area (Å²) in [6.45, 7) is 1.79. The fourth-order valence-electron chi connectivity index (χ4n) is 3.26. The second kappa shape index (κ2) is 8.65. The Morgan fingerprint density at radius 1 is 1.12 bits per heavy atom. The van der Waals surface area contributed by atoms with Crippen molar-refractivity contribution in [2.24, 2.45) is 0 Å². The molecule has 3 rings (SSSR count). The monoisotopic (exact) mass is 354 g/mol. The van der Waals surface area contributed by atoms with E-state index in [-0.39, 0.29) is 17.9 Å². The molecule has 2 amide bonds. The van der Waals surface area contributed by atoms with Crippen molar-refractivity contribution < 1.29 is 9.59 Å². The van der Waals surface area contributed by atoms with Crippen molar-refractivity contribution in [2.75, 3.05) is 5.32 Å². The van der Waals surface area contributed by atoms with E-state index in [2.05, 4.69) is 15.7 Å². The summed E-state index contributed by atoms with van der Waals surface area (Å²) in [5.41, 5.74) is 1.12. The summed E-state index contributed by atoms with van der Waals surface area (Å²) < 4.78 is 1.61. The summed E-state index contributed by atoms with van der Waals surface area (Å²) in [5.74, 6) is 0.213. The number of anilines is 1. The molecule has 0 unspecified atom stereocenters. The molecule has 2 aromatic rings. The van der Waals surface area contributed by atoms with Crippen LogP contribution in [0.15, 0.2) is 36.4 Å². The molecule has 0 bridgehead atoms. The summed E-state index contributed by atoms with van der Waals surface area (Å²) >= 11 is 0. The van der Waals surface area contributed by atoms with Crippen LogP contribution >= 0.6 is 0 Å². The zero-order valence-corrected chi connectivity index (χ0v) is 15.2. The molecule has 1 aromatic heterocycles. The summed E-state index contributed by atoms with van der Waals surface area (Å²) in [6, 6.07) is 11.3. The van der Waals surface area contributed by atoms with Crippen molar-refractivity contribution in [3.8, 4) is 5.69 Å². The first kappa shape index (κ1) is 18.2. The van der Waals surface area contributed by atoms with Crippen LogP contribution in [-0.4, -0.2) is 27.6 Å². The molecule has 0 atom stereocenters. The predicted molar refractivity (Wildman–Crippen MR) is 101 cm³/mol. The Morgan fingerprint density at radius 2 is 1.81 bits per heavy atom. The molecule has 0 saturated heterocycles. The van der Waals surface area contributed by atoms with Gasteiger partial charge in [-0.3, -0.25) is 9.59 Å². The molecule has 138 valence electrons. The lowest BCUT2D eigenvalue weighted by atomic mass is 10.1. The molecule has 0 radical (unpaired) electrons. The van der Waals surface area contributed by atoms with Gasteiger partial charge in [0.1, 0.15) is 5.82 Å². The third kappa shape index (κ3) is 4.50. The lowest BCUT2D eigenvalue weighted by Gasteiger charge is -2.15. The minimum Gasteiger partial charge on any atom is -0.348 e. The summed E-state index contributed by atoms with van der Waals surface area (Å²) in [4.78, 5) is 24.5. The summed E-state index contributed by atoms with van der Waals surface area (Å²) in [6.07, 6.45) is 7.19. The molecule has 1 fully saturated rings. The van der Waals surface area contributed by atoms with Gasteiger partial charge in [-0.15, -0.1) is 0 Å². The van der Waals surface area contributed by atoms with Crippen molar-refractivity contribution in [2.45, 2.75) is 57.9 Å². The van der Waals surface area contributed by atoms with Crippen molar-refractivity contribution in [3.63, 3.8) is 0 Å². The first-order chi connectivity index (χ1) is 12.7. The number of nitrogens with zero attached hydrogens (tertiary/aromatic N) is 2. The Balaban J connectivity index is 1.82. The highest BCUT2D eigenvalue weighted by Crippen LogP contribution is 2.20. The smallest absolute Gasteiger partial charge is 0.272 e. The number of nitrogens with one attached hydrogen (secondary N) is 2. The highest BCUT2D eigenvalue weighted by molar-refractivity contribution is 5.95. The van der Waals surface area contributed by atoms with Gasteiger partial charge in [-0.2, -0.15) is 5.10 Å². The minimum absolute atomic E-state index is 0.113. The van der Waals surface area contributed by atoms with E-state index in [9.17, 15) is 9.59 Å². The number of aromatic nitrogens is 2. The largest absolute Gasteiger partial charge is 0.348 e. The Kier molecular flexibility index (Phi) is 6.04. The third-order valence-electron chi connectivity index (χ3n) is 4.72. The molecule has 1 aliphatic carbocycles. The van der Waals surface area contributed by atoms with E-state index in [1.807, 2.05) is 30.3 Å². The van der Waals surface area contributed by atoms with E-state index in [0.717, 1.165) is 31.4 Å². The molecule has 2 N–H and O–H groups in total. The molecule has 1 aliphatic rings. The summed E-state index contributed by atoms with van der Waals surface area (Å²) in [7, 11) is 0. The Bertz CT molecular complexity index is 746. The fourth-order valence-corrected chi connectivity index (χ4v) is 3.26. The van der Waals surface area contributed by atoms with Gasteiger partial charge in [0.25, 0.3) is 5.91 Å². The lowest BCUT2D eigenvalue weighted by Crippen LogP contribution is -2.34. The Labute approximate surface area is 154 Å². The number of para-hydroxylation sites is 1. The molecule has 0 spiro atoms. The normalized spacial score (nSPS) is 15.3. The first-order valence-corrected chi connectivity index (χ1v) is 9.43. The van der Waals surface area contributed by atoms with E-state index in [0.29, 0.717) is 17.9 Å². The molecule has 1 saturated carbocycles. The number of hydrogen-bond donors (Lipinski definition) is 2. The number of rotatable bonds is 5. The van der Waals surface area contributed by atoms with Crippen LogP contribution < -0.4 is 10.6 Å². The van der Waals surface area contributed by atoms with Crippen molar-refractivity contribution >= 4 is 17.6 Å². The van der Waals surface area contributed by atoms with E-state index in [1.54, 1.807) is 17.7 Å². The molecule has 26 heavy (non-hydrogen) atoms. The van der Waals surface area contributed by atoms with Crippen LogP contribution in [0.3, 0.4) is 0 Å². The summed E-state index contributed by atoms with van der Waals surface area (Å²) in [5, 5.41) is 10.4. The van der Waals surface area contributed by atoms with Crippen LogP contribution in [0.5, 0.6) is 0 Å². The van der Waals surface area contributed by atoms with Crippen molar-refractivity contribution in [3.05, 3.63) is 42.1 Å². The van der Waals surface area contributed by atoms with Gasteiger partial charge in [0.2, 0.25) is 5.91 Å². The van der Waals surface area contributed by atoms with Crippen LogP contribution in [0.4, 0.5) is 5.82 Å². The molecule has 6 nitrogen and oxygen atoms in total. The van der Waals surface area contributed by atoms with Crippen molar-refractivity contribution in [1.82, 2.24) is 15.1 Å². The number of hydrogen-bond acceptors (Lipinski definition) is 3. The fraction of sp³-hybridized carbons (Fsp3) is 0.450. The number of carbonyl (C=O) groups is 2. The van der Waals surface area contributed by atoms with Gasteiger partial charge in [0.15, 0.2) is 5.69 Å². The first-order valence-electron chi connectivity index (χ1n) is 9.43. The molecular formula is C20H26N4O2. The zero-order valence-electron chi connectivity index (χ0n) is 15.2. The topological polar surface area (TPSA) is 76.0 Å². The van der Waals surface area contributed by atoms with Gasteiger partial charge in [0, 0.05) is 18.5 Å². The van der Waals surface area contributed by atoms with Gasteiger partial charge >= 0.3 is 0 Å². The predicted octanol–water partition coefficient (Wildman–Crippen LogP) is 3.67. The maximum atomic E-state index is 12.7. The second-order valence-electron chi connectivity index (χ2n) is 6.73. The Hall–Kier alpha value is -2.63. The highest BCUT2D eigenvalue weighted by atomic mass is 16.2. The molecular weight excluding hydrogens is 328 g/mol. The Morgan fingerprint density at radius 3 is 2.46 bits per heavy atom. The van der Waals surface area contributed by atoms with Gasteiger partial charge in [-0.1, -0.05) is 50.8 Å². The minimum atomic E-state index is -0.182. The standard InChI is InChI=1S/C20H26N4O2/c1-2-19(25)22-18-14-17(23-24(18)16-12-8-5-9-13-16)20(26)21-15-10-6-3-4-7-11-15/h5,8-9,12-15H,2-4,6-7,10-11H2,1H3,(H,21,26)(H,22,25). The van der Waals surface area contributed by atoms with Gasteiger partial charge < -0.3 is 10.6 Å². The van der Waals surface area contributed by atoms with E-state index >= 15 is 0 Å². The highest BCUT2D eigenvalue weighted by Gasteiger charge is 2.20. The quantitative estimate of drug-likeness (QED) is 0.804. The van der Waals surface area contributed by atoms with Gasteiger partial charge in [-0.25, -0.2) is 4.68 Å². The molecule has 1 aromatic carbocycles. The average molecular weight is 354 g/mol. The van der Waals surface area contributed by atoms with Crippen LogP contribution in [-0.2, 0) is 4.79 Å². The second-order valence-corrected chi connectivity index (χ2v) is 6.73. The zero-order chi connectivity index (χ0) is 18.4.